The van der Waals surface area contributed by atoms with Gasteiger partial charge >= 0.3 is 0 Å². The predicted molar refractivity (Wildman–Crippen MR) is 97.9 cm³/mol. The molecule has 130 valence electrons. The Bertz CT molecular complexity index is 912. The van der Waals surface area contributed by atoms with Gasteiger partial charge in [0.1, 0.15) is 5.69 Å². The van der Waals surface area contributed by atoms with E-state index in [1.165, 1.54) is 0 Å². The third-order valence-electron chi connectivity index (χ3n) is 4.65. The standard InChI is InChI=1S/C19H22N4O2/c1-13-2-3-14-4-5-15-12-16(22-18(15)17(14)21-13)19(24)20-6-7-23-8-10-25-11-9-23/h2-5,12,21H,6-11H2,1H3,(H,20,24). The monoisotopic (exact) mass is 338 g/mol. The minimum atomic E-state index is -0.120. The Morgan fingerprint density at radius 3 is 2.84 bits per heavy atom. The fourth-order valence-corrected chi connectivity index (χ4v) is 3.24. The number of amides is 1. The Morgan fingerprint density at radius 2 is 2.00 bits per heavy atom. The number of morpholine rings is 1. The zero-order valence-electron chi connectivity index (χ0n) is 14.3. The smallest absolute Gasteiger partial charge is 0.269 e. The molecule has 0 spiro atoms. The summed E-state index contributed by atoms with van der Waals surface area (Å²) in [7, 11) is 0. The van der Waals surface area contributed by atoms with Crippen molar-refractivity contribution in [1.82, 2.24) is 20.2 Å². The van der Waals surface area contributed by atoms with Crippen molar-refractivity contribution in [2.75, 3.05) is 39.4 Å². The molecule has 0 bridgehead atoms. The molecule has 1 saturated heterocycles. The molecule has 2 aromatic heterocycles. The van der Waals surface area contributed by atoms with Crippen molar-refractivity contribution in [3.63, 3.8) is 0 Å². The maximum atomic E-state index is 12.4. The fourth-order valence-electron chi connectivity index (χ4n) is 3.24. The van der Waals surface area contributed by atoms with Gasteiger partial charge in [-0.05, 0) is 19.1 Å². The Morgan fingerprint density at radius 1 is 1.24 bits per heavy atom. The summed E-state index contributed by atoms with van der Waals surface area (Å²) in [6.07, 6.45) is 0. The van der Waals surface area contributed by atoms with Gasteiger partial charge in [0.15, 0.2) is 0 Å². The van der Waals surface area contributed by atoms with E-state index >= 15 is 0 Å². The number of nitrogens with one attached hydrogen (secondary N) is 2. The third-order valence-corrected chi connectivity index (χ3v) is 4.65. The number of nitrogens with zero attached hydrogens (tertiary/aromatic N) is 2. The normalized spacial score (nSPS) is 15.7. The molecular formula is C19H22N4O2. The second-order valence-electron chi connectivity index (χ2n) is 6.46. The first-order valence-corrected chi connectivity index (χ1v) is 8.68. The van der Waals surface area contributed by atoms with Crippen molar-refractivity contribution in [3.05, 3.63) is 41.7 Å². The first-order chi connectivity index (χ1) is 12.2. The summed E-state index contributed by atoms with van der Waals surface area (Å²) in [6.45, 7) is 6.87. The van der Waals surface area contributed by atoms with E-state index in [0.29, 0.717) is 12.2 Å². The van der Waals surface area contributed by atoms with Gasteiger partial charge in [-0.2, -0.15) is 0 Å². The zero-order valence-corrected chi connectivity index (χ0v) is 14.3. The van der Waals surface area contributed by atoms with Gasteiger partial charge in [-0.1, -0.05) is 18.2 Å². The van der Waals surface area contributed by atoms with Gasteiger partial charge in [0.2, 0.25) is 0 Å². The minimum absolute atomic E-state index is 0.120. The van der Waals surface area contributed by atoms with Crippen LogP contribution in [0.4, 0.5) is 0 Å². The third kappa shape index (κ3) is 3.36. The van der Waals surface area contributed by atoms with Crippen LogP contribution in [0.25, 0.3) is 21.8 Å². The van der Waals surface area contributed by atoms with Crippen molar-refractivity contribution < 1.29 is 9.53 Å². The van der Waals surface area contributed by atoms with Crippen molar-refractivity contribution in [3.8, 4) is 0 Å². The summed E-state index contributed by atoms with van der Waals surface area (Å²) in [6, 6.07) is 10.0. The molecule has 0 radical (unpaired) electrons. The highest BCUT2D eigenvalue weighted by Crippen LogP contribution is 2.24. The first kappa shape index (κ1) is 16.1. The number of H-pyrrole nitrogens is 1. The van der Waals surface area contributed by atoms with Crippen molar-refractivity contribution in [1.29, 1.82) is 0 Å². The summed E-state index contributed by atoms with van der Waals surface area (Å²) in [5.74, 6) is -0.120. The van der Waals surface area contributed by atoms with Crippen molar-refractivity contribution in [2.45, 2.75) is 6.92 Å². The van der Waals surface area contributed by atoms with E-state index in [2.05, 4.69) is 32.3 Å². The number of hydrogen-bond acceptors (Lipinski definition) is 4. The number of fused-ring (bicyclic) bond motifs is 3. The summed E-state index contributed by atoms with van der Waals surface area (Å²) < 4.78 is 5.33. The molecule has 1 fully saturated rings. The van der Waals surface area contributed by atoms with Crippen LogP contribution in [0.1, 0.15) is 16.2 Å². The second-order valence-corrected chi connectivity index (χ2v) is 6.46. The van der Waals surface area contributed by atoms with E-state index in [1.54, 1.807) is 0 Å². The predicted octanol–water partition coefficient (Wildman–Crippen LogP) is 2.09. The second kappa shape index (κ2) is 6.82. The van der Waals surface area contributed by atoms with E-state index in [0.717, 1.165) is 60.3 Å². The number of carbonyl (C=O) groups is 1. The van der Waals surface area contributed by atoms with E-state index in [9.17, 15) is 4.79 Å². The van der Waals surface area contributed by atoms with Crippen LogP contribution in [0.15, 0.2) is 30.3 Å². The molecule has 1 aromatic carbocycles. The molecular weight excluding hydrogens is 316 g/mol. The SMILES string of the molecule is Cc1ccc2ccc3cc(C(=O)NCCN4CCOCC4)nc3c2[nH]1. The quantitative estimate of drug-likeness (QED) is 0.764. The molecule has 6 heteroatoms. The van der Waals surface area contributed by atoms with Gasteiger partial charge in [0.25, 0.3) is 5.91 Å². The van der Waals surface area contributed by atoms with Gasteiger partial charge in [-0.3, -0.25) is 9.69 Å². The molecule has 0 saturated carbocycles. The van der Waals surface area contributed by atoms with E-state index in [4.69, 9.17) is 4.74 Å². The van der Waals surface area contributed by atoms with E-state index < -0.39 is 0 Å². The number of hydrogen-bond donors (Lipinski definition) is 2. The molecule has 6 nitrogen and oxygen atoms in total. The van der Waals surface area contributed by atoms with Gasteiger partial charge < -0.3 is 15.0 Å². The number of benzene rings is 1. The number of carbonyl (C=O) groups excluding carboxylic acids is 1. The topological polar surface area (TPSA) is 70.2 Å². The largest absolute Gasteiger partial charge is 0.379 e. The average Bonchev–Trinajstić information content (AvgIpc) is 3.07. The number of aromatic nitrogens is 2. The molecule has 0 atom stereocenters. The van der Waals surface area contributed by atoms with Gasteiger partial charge in [-0.15, -0.1) is 0 Å². The molecule has 3 aromatic rings. The Balaban J connectivity index is 1.49. The van der Waals surface area contributed by atoms with Crippen LogP contribution in [0, 0.1) is 6.92 Å². The number of ether oxygens (including phenoxy) is 1. The number of aryl methyl sites for hydroxylation is 1. The summed E-state index contributed by atoms with van der Waals surface area (Å²) >= 11 is 0. The van der Waals surface area contributed by atoms with Crippen LogP contribution in [0.3, 0.4) is 0 Å². The average molecular weight is 338 g/mol. The molecule has 1 aliphatic heterocycles. The molecule has 0 unspecified atom stereocenters. The lowest BCUT2D eigenvalue weighted by molar-refractivity contribution is 0.0383. The van der Waals surface area contributed by atoms with Gasteiger partial charge in [-0.25, -0.2) is 4.98 Å². The van der Waals surface area contributed by atoms with Crippen LogP contribution >= 0.6 is 0 Å². The van der Waals surface area contributed by atoms with E-state index in [-0.39, 0.29) is 5.91 Å². The number of aromatic amines is 1. The number of rotatable bonds is 4. The summed E-state index contributed by atoms with van der Waals surface area (Å²) in [4.78, 5) is 22.7. The van der Waals surface area contributed by atoms with Crippen molar-refractivity contribution in [2.24, 2.45) is 0 Å². The van der Waals surface area contributed by atoms with Gasteiger partial charge in [0, 0.05) is 42.6 Å². The Kier molecular flexibility index (Phi) is 4.38. The molecule has 25 heavy (non-hydrogen) atoms. The Labute approximate surface area is 146 Å². The van der Waals surface area contributed by atoms with Crippen LogP contribution in [0.5, 0.6) is 0 Å². The zero-order chi connectivity index (χ0) is 17.2. The lowest BCUT2D eigenvalue weighted by atomic mass is 10.1. The van der Waals surface area contributed by atoms with Crippen LogP contribution in [-0.4, -0.2) is 60.2 Å². The summed E-state index contributed by atoms with van der Waals surface area (Å²) in [5, 5.41) is 5.04. The maximum Gasteiger partial charge on any atom is 0.269 e. The minimum Gasteiger partial charge on any atom is -0.379 e. The summed E-state index contributed by atoms with van der Waals surface area (Å²) in [5.41, 5.74) is 3.36. The van der Waals surface area contributed by atoms with Gasteiger partial charge in [0.05, 0.1) is 24.2 Å². The van der Waals surface area contributed by atoms with Crippen LogP contribution < -0.4 is 5.32 Å². The van der Waals surface area contributed by atoms with Crippen LogP contribution in [0.2, 0.25) is 0 Å². The molecule has 0 aliphatic carbocycles. The van der Waals surface area contributed by atoms with Crippen molar-refractivity contribution >= 4 is 27.7 Å². The lowest BCUT2D eigenvalue weighted by Gasteiger charge is -2.26. The maximum absolute atomic E-state index is 12.4. The Hall–Kier alpha value is -2.44. The molecule has 4 rings (SSSR count). The number of pyridine rings is 1. The van der Waals surface area contributed by atoms with E-state index in [1.807, 2.05) is 25.1 Å². The highest BCUT2D eigenvalue weighted by molar-refractivity contribution is 6.07. The highest BCUT2D eigenvalue weighted by Gasteiger charge is 2.14. The first-order valence-electron chi connectivity index (χ1n) is 8.68. The van der Waals surface area contributed by atoms with Crippen LogP contribution in [-0.2, 0) is 4.74 Å². The molecule has 1 aliphatic rings. The molecule has 2 N–H and O–H groups in total. The fraction of sp³-hybridized carbons (Fsp3) is 0.368. The molecule has 1 amide bonds. The molecule has 3 heterocycles. The lowest BCUT2D eigenvalue weighted by Crippen LogP contribution is -2.41. The highest BCUT2D eigenvalue weighted by atomic mass is 16.5.